The Morgan fingerprint density at radius 3 is 2.31 bits per heavy atom. The first-order valence-electron chi connectivity index (χ1n) is 4.70. The van der Waals surface area contributed by atoms with Crippen molar-refractivity contribution in [3.05, 3.63) is 29.8 Å². The van der Waals surface area contributed by atoms with Crippen LogP contribution in [0.25, 0.3) is 0 Å². The summed E-state index contributed by atoms with van der Waals surface area (Å²) in [7, 11) is -3.45. The Morgan fingerprint density at radius 1 is 1.31 bits per heavy atom. The highest BCUT2D eigenvalue weighted by molar-refractivity contribution is 7.89. The van der Waals surface area contributed by atoms with Crippen LogP contribution < -0.4 is 4.72 Å². The van der Waals surface area contributed by atoms with Gasteiger partial charge in [-0.05, 0) is 12.1 Å². The van der Waals surface area contributed by atoms with E-state index in [9.17, 15) is 13.2 Å². The minimum atomic E-state index is -3.45. The monoisotopic (exact) mass is 261 g/mol. The van der Waals surface area contributed by atoms with Gasteiger partial charge in [0.1, 0.15) is 0 Å². The van der Waals surface area contributed by atoms with E-state index in [4.69, 9.17) is 11.6 Å². The quantitative estimate of drug-likeness (QED) is 0.644. The van der Waals surface area contributed by atoms with Gasteiger partial charge in [-0.15, -0.1) is 11.6 Å². The molecule has 0 aliphatic carbocycles. The van der Waals surface area contributed by atoms with E-state index in [0.29, 0.717) is 12.1 Å². The molecule has 0 spiro atoms. The van der Waals surface area contributed by atoms with Crippen LogP contribution >= 0.6 is 11.6 Å². The van der Waals surface area contributed by atoms with Gasteiger partial charge in [0.25, 0.3) is 0 Å². The molecule has 0 amide bonds. The van der Waals surface area contributed by atoms with Gasteiger partial charge in [0, 0.05) is 12.1 Å². The molecule has 16 heavy (non-hydrogen) atoms. The Kier molecular flexibility index (Phi) is 4.46. The number of rotatable bonds is 5. The largest absolute Gasteiger partial charge is 0.293 e. The number of Topliss-reactive ketones (excluding diaryl/α,β-unsaturated/α-hetero) is 1. The first-order valence-corrected chi connectivity index (χ1v) is 6.72. The van der Waals surface area contributed by atoms with Crippen LogP contribution in [0.4, 0.5) is 0 Å². The van der Waals surface area contributed by atoms with E-state index in [-0.39, 0.29) is 16.6 Å². The van der Waals surface area contributed by atoms with Crippen molar-refractivity contribution in [3.63, 3.8) is 0 Å². The molecule has 6 heteroatoms. The van der Waals surface area contributed by atoms with Crippen molar-refractivity contribution < 1.29 is 13.2 Å². The summed E-state index contributed by atoms with van der Waals surface area (Å²) < 4.78 is 25.5. The van der Waals surface area contributed by atoms with Crippen LogP contribution in [-0.4, -0.2) is 26.6 Å². The molecule has 1 aromatic rings. The fourth-order valence-electron chi connectivity index (χ4n) is 1.17. The standard InChI is InChI=1S/C10H12ClNO3S/c1-2-12-16(14,15)9-5-3-8(4-6-9)10(13)7-11/h3-6,12H,2,7H2,1H3. The van der Waals surface area contributed by atoms with E-state index in [1.54, 1.807) is 6.92 Å². The number of hydrogen-bond acceptors (Lipinski definition) is 3. The average Bonchev–Trinajstić information content (AvgIpc) is 2.28. The second-order valence-corrected chi connectivity index (χ2v) is 5.12. The van der Waals surface area contributed by atoms with Gasteiger partial charge < -0.3 is 0 Å². The first kappa shape index (κ1) is 13.2. The van der Waals surface area contributed by atoms with Crippen LogP contribution in [0.1, 0.15) is 17.3 Å². The van der Waals surface area contributed by atoms with Crippen molar-refractivity contribution in [2.75, 3.05) is 12.4 Å². The third kappa shape index (κ3) is 3.04. The lowest BCUT2D eigenvalue weighted by Crippen LogP contribution is -2.23. The number of carbonyl (C=O) groups excluding carboxylic acids is 1. The summed E-state index contributed by atoms with van der Waals surface area (Å²) in [6.07, 6.45) is 0. The number of alkyl halides is 1. The summed E-state index contributed by atoms with van der Waals surface area (Å²) in [4.78, 5) is 11.3. The Balaban J connectivity index is 3.00. The fraction of sp³-hybridized carbons (Fsp3) is 0.300. The molecule has 0 fully saturated rings. The molecule has 0 heterocycles. The zero-order valence-electron chi connectivity index (χ0n) is 8.73. The van der Waals surface area contributed by atoms with Crippen molar-refractivity contribution in [2.45, 2.75) is 11.8 Å². The summed E-state index contributed by atoms with van der Waals surface area (Å²) in [6, 6.07) is 5.68. The van der Waals surface area contributed by atoms with Crippen LogP contribution in [0, 0.1) is 0 Å². The maximum atomic E-state index is 11.6. The number of sulfonamides is 1. The number of nitrogens with one attached hydrogen (secondary N) is 1. The van der Waals surface area contributed by atoms with E-state index in [1.165, 1.54) is 24.3 Å². The van der Waals surface area contributed by atoms with Crippen LogP contribution in [0.3, 0.4) is 0 Å². The molecule has 88 valence electrons. The zero-order chi connectivity index (χ0) is 12.2. The van der Waals surface area contributed by atoms with Crippen LogP contribution in [0.5, 0.6) is 0 Å². The van der Waals surface area contributed by atoms with Crippen molar-refractivity contribution >= 4 is 27.4 Å². The van der Waals surface area contributed by atoms with Gasteiger partial charge in [-0.1, -0.05) is 19.1 Å². The molecular weight excluding hydrogens is 250 g/mol. The van der Waals surface area contributed by atoms with Gasteiger partial charge in [-0.25, -0.2) is 13.1 Å². The second-order valence-electron chi connectivity index (χ2n) is 3.08. The molecule has 0 saturated carbocycles. The predicted molar refractivity (Wildman–Crippen MR) is 62.4 cm³/mol. The van der Waals surface area contributed by atoms with E-state index < -0.39 is 10.0 Å². The Morgan fingerprint density at radius 2 is 1.88 bits per heavy atom. The minimum absolute atomic E-state index is 0.112. The first-order chi connectivity index (χ1) is 7.51. The normalized spacial score (nSPS) is 11.4. The van der Waals surface area contributed by atoms with E-state index in [0.717, 1.165) is 0 Å². The predicted octanol–water partition coefficient (Wildman–Crippen LogP) is 1.41. The molecule has 0 saturated heterocycles. The molecule has 1 rings (SSSR count). The lowest BCUT2D eigenvalue weighted by atomic mass is 10.1. The van der Waals surface area contributed by atoms with Crippen molar-refractivity contribution in [1.29, 1.82) is 0 Å². The summed E-state index contributed by atoms with van der Waals surface area (Å²) in [5, 5.41) is 0. The van der Waals surface area contributed by atoms with Gasteiger partial charge in [0.15, 0.2) is 5.78 Å². The lowest BCUT2D eigenvalue weighted by Gasteiger charge is -2.04. The molecule has 4 nitrogen and oxygen atoms in total. The van der Waals surface area contributed by atoms with E-state index >= 15 is 0 Å². The lowest BCUT2D eigenvalue weighted by molar-refractivity contribution is 0.102. The Labute approximate surface area is 99.7 Å². The van der Waals surface area contributed by atoms with Crippen LogP contribution in [0.15, 0.2) is 29.2 Å². The third-order valence-corrected chi connectivity index (χ3v) is 3.75. The van der Waals surface area contributed by atoms with Gasteiger partial charge in [-0.3, -0.25) is 4.79 Å². The molecule has 0 aliphatic rings. The number of hydrogen-bond donors (Lipinski definition) is 1. The summed E-state index contributed by atoms with van der Waals surface area (Å²) in [5.41, 5.74) is 0.408. The van der Waals surface area contributed by atoms with E-state index in [2.05, 4.69) is 4.72 Å². The minimum Gasteiger partial charge on any atom is -0.293 e. The topological polar surface area (TPSA) is 63.2 Å². The number of carbonyl (C=O) groups is 1. The molecule has 1 aromatic carbocycles. The second kappa shape index (κ2) is 5.43. The van der Waals surface area contributed by atoms with Crippen LogP contribution in [-0.2, 0) is 10.0 Å². The SMILES string of the molecule is CCNS(=O)(=O)c1ccc(C(=O)CCl)cc1. The molecule has 0 atom stereocenters. The highest BCUT2D eigenvalue weighted by atomic mass is 35.5. The molecule has 0 radical (unpaired) electrons. The fourth-order valence-corrected chi connectivity index (χ4v) is 2.37. The molecule has 0 aliphatic heterocycles. The van der Waals surface area contributed by atoms with E-state index in [1.807, 2.05) is 0 Å². The smallest absolute Gasteiger partial charge is 0.240 e. The maximum Gasteiger partial charge on any atom is 0.240 e. The third-order valence-electron chi connectivity index (χ3n) is 1.94. The summed E-state index contributed by atoms with van der Waals surface area (Å²) in [6.45, 7) is 2.02. The summed E-state index contributed by atoms with van der Waals surface area (Å²) in [5.74, 6) is -0.340. The number of halogens is 1. The maximum absolute atomic E-state index is 11.6. The van der Waals surface area contributed by atoms with Gasteiger partial charge in [0.05, 0.1) is 10.8 Å². The molecule has 0 unspecified atom stereocenters. The van der Waals surface area contributed by atoms with Crippen molar-refractivity contribution in [3.8, 4) is 0 Å². The summed E-state index contributed by atoms with van der Waals surface area (Å²) >= 11 is 5.39. The number of benzene rings is 1. The molecule has 0 bridgehead atoms. The molecule has 0 aromatic heterocycles. The molecular formula is C10H12ClNO3S. The number of ketones is 1. The van der Waals surface area contributed by atoms with Gasteiger partial charge >= 0.3 is 0 Å². The van der Waals surface area contributed by atoms with Gasteiger partial charge in [0.2, 0.25) is 10.0 Å². The Bertz CT molecular complexity index is 467. The van der Waals surface area contributed by atoms with Crippen molar-refractivity contribution in [2.24, 2.45) is 0 Å². The van der Waals surface area contributed by atoms with Crippen LogP contribution in [0.2, 0.25) is 0 Å². The zero-order valence-corrected chi connectivity index (χ0v) is 10.3. The highest BCUT2D eigenvalue weighted by Crippen LogP contribution is 2.11. The van der Waals surface area contributed by atoms with Gasteiger partial charge in [-0.2, -0.15) is 0 Å². The average molecular weight is 262 g/mol. The Hall–Kier alpha value is -0.910. The molecule has 1 N–H and O–H groups in total. The highest BCUT2D eigenvalue weighted by Gasteiger charge is 2.13. The van der Waals surface area contributed by atoms with Crippen molar-refractivity contribution in [1.82, 2.24) is 4.72 Å².